The van der Waals surface area contributed by atoms with Crippen LogP contribution in [0.15, 0.2) is 42.5 Å². The van der Waals surface area contributed by atoms with Crippen molar-refractivity contribution in [2.24, 2.45) is 0 Å². The second kappa shape index (κ2) is 7.83. The maximum Gasteiger partial charge on any atom is 0.344 e. The fraction of sp³-hybridized carbons (Fsp3) is 0.300. The van der Waals surface area contributed by atoms with Crippen LogP contribution in [-0.2, 0) is 9.59 Å². The summed E-state index contributed by atoms with van der Waals surface area (Å²) in [6.45, 7) is 7.13. The number of aliphatic carboxylic acids is 1. The smallest absolute Gasteiger partial charge is 0.344 e. The van der Waals surface area contributed by atoms with Crippen molar-refractivity contribution in [2.75, 3.05) is 5.32 Å². The molecule has 0 aromatic heterocycles. The monoisotopic (exact) mass is 341 g/mol. The maximum absolute atomic E-state index is 12.5. The van der Waals surface area contributed by atoms with E-state index in [1.807, 2.05) is 45.0 Å². The highest BCUT2D eigenvalue weighted by molar-refractivity contribution is 5.95. The van der Waals surface area contributed by atoms with Crippen molar-refractivity contribution >= 4 is 17.6 Å². The third kappa shape index (κ3) is 4.83. The molecule has 0 unspecified atom stereocenters. The van der Waals surface area contributed by atoms with Crippen molar-refractivity contribution in [3.8, 4) is 5.75 Å². The molecule has 0 radical (unpaired) electrons. The second-order valence-electron chi connectivity index (χ2n) is 6.20. The van der Waals surface area contributed by atoms with Crippen LogP contribution in [-0.4, -0.2) is 23.1 Å². The average molecular weight is 341 g/mol. The fourth-order valence-corrected chi connectivity index (χ4v) is 2.30. The van der Waals surface area contributed by atoms with Gasteiger partial charge in [0.1, 0.15) is 5.75 Å². The van der Waals surface area contributed by atoms with Gasteiger partial charge in [0.15, 0.2) is 6.10 Å². The highest BCUT2D eigenvalue weighted by atomic mass is 16.5. The lowest BCUT2D eigenvalue weighted by molar-refractivity contribution is -0.144. The Hall–Kier alpha value is -2.82. The molecule has 5 nitrogen and oxygen atoms in total. The summed E-state index contributed by atoms with van der Waals surface area (Å²) in [5.41, 5.74) is 3.45. The first-order valence-corrected chi connectivity index (χ1v) is 8.15. The van der Waals surface area contributed by atoms with Crippen LogP contribution in [0.3, 0.4) is 0 Å². The Morgan fingerprint density at radius 2 is 1.68 bits per heavy atom. The molecule has 0 bridgehead atoms. The van der Waals surface area contributed by atoms with Gasteiger partial charge in [0.05, 0.1) is 5.92 Å². The van der Waals surface area contributed by atoms with Crippen LogP contribution in [0.2, 0.25) is 0 Å². The number of carboxylic acids is 1. The molecule has 2 aromatic carbocycles. The summed E-state index contributed by atoms with van der Waals surface area (Å²) >= 11 is 0. The van der Waals surface area contributed by atoms with Gasteiger partial charge in [-0.05, 0) is 44.9 Å². The lowest BCUT2D eigenvalue weighted by Gasteiger charge is -2.16. The molecule has 1 amide bonds. The number of carboxylic acid groups (broad SMARTS) is 1. The zero-order chi connectivity index (χ0) is 18.6. The van der Waals surface area contributed by atoms with Crippen molar-refractivity contribution in [3.05, 3.63) is 59.2 Å². The number of rotatable bonds is 6. The zero-order valence-electron chi connectivity index (χ0n) is 14.9. The number of hydrogen-bond acceptors (Lipinski definition) is 3. The van der Waals surface area contributed by atoms with Crippen molar-refractivity contribution in [1.82, 2.24) is 0 Å². The SMILES string of the molecule is Cc1ccc([C@@H](C)C(=O)Nc2ccc(C)c(O[C@@H](C)C(=O)O)c2)cc1. The first-order valence-electron chi connectivity index (χ1n) is 8.15. The molecule has 2 aromatic rings. The van der Waals surface area contributed by atoms with Gasteiger partial charge in [-0.25, -0.2) is 4.79 Å². The van der Waals surface area contributed by atoms with Gasteiger partial charge >= 0.3 is 5.97 Å². The Morgan fingerprint density at radius 1 is 1.04 bits per heavy atom. The summed E-state index contributed by atoms with van der Waals surface area (Å²) in [6.07, 6.45) is -0.962. The highest BCUT2D eigenvalue weighted by Crippen LogP contribution is 2.25. The van der Waals surface area contributed by atoms with E-state index in [1.165, 1.54) is 6.92 Å². The van der Waals surface area contributed by atoms with Crippen LogP contribution in [0.5, 0.6) is 5.75 Å². The van der Waals surface area contributed by atoms with Gasteiger partial charge in [0.2, 0.25) is 5.91 Å². The van der Waals surface area contributed by atoms with Gasteiger partial charge in [0, 0.05) is 11.8 Å². The summed E-state index contributed by atoms with van der Waals surface area (Å²) < 4.78 is 5.44. The molecule has 0 saturated heterocycles. The quantitative estimate of drug-likeness (QED) is 0.835. The Labute approximate surface area is 147 Å². The molecular weight excluding hydrogens is 318 g/mol. The molecule has 0 saturated carbocycles. The molecule has 0 fully saturated rings. The normalized spacial score (nSPS) is 13.0. The van der Waals surface area contributed by atoms with Gasteiger partial charge in [-0.3, -0.25) is 4.79 Å². The van der Waals surface area contributed by atoms with Crippen LogP contribution in [0, 0.1) is 13.8 Å². The predicted octanol–water partition coefficient (Wildman–Crippen LogP) is 3.90. The minimum atomic E-state index is -1.04. The number of carbonyl (C=O) groups is 2. The largest absolute Gasteiger partial charge is 0.479 e. The van der Waals surface area contributed by atoms with E-state index < -0.39 is 12.1 Å². The summed E-state index contributed by atoms with van der Waals surface area (Å²) in [6, 6.07) is 13.0. The molecule has 2 N–H and O–H groups in total. The van der Waals surface area contributed by atoms with Gasteiger partial charge < -0.3 is 15.2 Å². The minimum absolute atomic E-state index is 0.134. The van der Waals surface area contributed by atoms with E-state index in [1.54, 1.807) is 18.2 Å². The van der Waals surface area contributed by atoms with E-state index in [0.717, 1.165) is 16.7 Å². The van der Waals surface area contributed by atoms with E-state index in [9.17, 15) is 9.59 Å². The molecule has 0 heterocycles. The first kappa shape index (κ1) is 18.5. The second-order valence-corrected chi connectivity index (χ2v) is 6.20. The maximum atomic E-state index is 12.5. The number of anilines is 1. The number of hydrogen-bond donors (Lipinski definition) is 2. The van der Waals surface area contributed by atoms with Crippen molar-refractivity contribution in [2.45, 2.75) is 39.7 Å². The predicted molar refractivity (Wildman–Crippen MR) is 97.1 cm³/mol. The molecule has 25 heavy (non-hydrogen) atoms. The van der Waals surface area contributed by atoms with Gasteiger partial charge in [-0.2, -0.15) is 0 Å². The lowest BCUT2D eigenvalue weighted by Crippen LogP contribution is -2.23. The lowest BCUT2D eigenvalue weighted by atomic mass is 9.99. The third-order valence-corrected chi connectivity index (χ3v) is 4.08. The van der Waals surface area contributed by atoms with Crippen LogP contribution < -0.4 is 10.1 Å². The van der Waals surface area contributed by atoms with Crippen molar-refractivity contribution in [1.29, 1.82) is 0 Å². The molecule has 2 atom stereocenters. The zero-order valence-corrected chi connectivity index (χ0v) is 14.9. The van der Waals surface area contributed by atoms with Gasteiger partial charge in [0.25, 0.3) is 0 Å². The molecule has 0 spiro atoms. The van der Waals surface area contributed by atoms with Gasteiger partial charge in [-0.15, -0.1) is 0 Å². The van der Waals surface area contributed by atoms with Crippen LogP contribution in [0.4, 0.5) is 5.69 Å². The molecular formula is C20H23NO4. The Balaban J connectivity index is 2.12. The number of ether oxygens (including phenoxy) is 1. The topological polar surface area (TPSA) is 75.6 Å². The third-order valence-electron chi connectivity index (χ3n) is 4.08. The Morgan fingerprint density at radius 3 is 2.28 bits per heavy atom. The van der Waals surface area contributed by atoms with E-state index in [-0.39, 0.29) is 11.8 Å². The molecule has 0 aliphatic rings. The van der Waals surface area contributed by atoms with Crippen LogP contribution in [0.1, 0.15) is 36.5 Å². The van der Waals surface area contributed by atoms with Gasteiger partial charge in [-0.1, -0.05) is 35.9 Å². The number of amides is 1. The number of aryl methyl sites for hydroxylation is 2. The minimum Gasteiger partial charge on any atom is -0.479 e. The first-order chi connectivity index (χ1) is 11.8. The summed E-state index contributed by atoms with van der Waals surface area (Å²) in [4.78, 5) is 23.4. The number of carbonyl (C=O) groups excluding carboxylic acids is 1. The number of nitrogens with one attached hydrogen (secondary N) is 1. The molecule has 2 rings (SSSR count). The molecule has 5 heteroatoms. The Kier molecular flexibility index (Phi) is 5.80. The van der Waals surface area contributed by atoms with E-state index in [4.69, 9.17) is 9.84 Å². The van der Waals surface area contributed by atoms with E-state index >= 15 is 0 Å². The summed E-state index contributed by atoms with van der Waals surface area (Å²) in [5.74, 6) is -1.04. The van der Waals surface area contributed by atoms with Crippen molar-refractivity contribution < 1.29 is 19.4 Å². The molecule has 0 aliphatic carbocycles. The standard InChI is InChI=1S/C20H23NO4/c1-12-5-8-16(9-6-12)14(3)19(22)21-17-10-7-13(2)18(11-17)25-15(4)20(23)24/h5-11,14-15H,1-4H3,(H,21,22)(H,23,24)/t14-,15+/m1/s1. The van der Waals surface area contributed by atoms with Crippen molar-refractivity contribution in [3.63, 3.8) is 0 Å². The fourth-order valence-electron chi connectivity index (χ4n) is 2.30. The van der Waals surface area contributed by atoms with E-state index in [0.29, 0.717) is 11.4 Å². The number of benzene rings is 2. The highest BCUT2D eigenvalue weighted by Gasteiger charge is 2.17. The molecule has 0 aliphatic heterocycles. The Bertz CT molecular complexity index is 768. The van der Waals surface area contributed by atoms with E-state index in [2.05, 4.69) is 5.32 Å². The summed E-state index contributed by atoms with van der Waals surface area (Å²) in [7, 11) is 0. The van der Waals surface area contributed by atoms with Crippen LogP contribution >= 0.6 is 0 Å². The van der Waals surface area contributed by atoms with Crippen LogP contribution in [0.25, 0.3) is 0 Å². The average Bonchev–Trinajstić information content (AvgIpc) is 2.57. The summed E-state index contributed by atoms with van der Waals surface area (Å²) in [5, 5.41) is 11.8. The molecule has 132 valence electrons.